The van der Waals surface area contributed by atoms with Crippen LogP contribution in [0, 0.1) is 0 Å². The Hall–Kier alpha value is -3.48. The highest BCUT2D eigenvalue weighted by Crippen LogP contribution is 2.33. The summed E-state index contributed by atoms with van der Waals surface area (Å²) in [4.78, 5) is 73.7. The SMILES string of the molecule is [2H]CC(=O)OC[C@H]1OC(n2cc(C(=O)OCC)c(=O)[nH]c2=O)[C@H](OC(=O)C[2H])[C@H]1OC(=O)C[2H]. The number of hydrogen-bond acceptors (Lipinski definition) is 11. The molecular formula is C18H22N2O11. The molecule has 2 heterocycles. The summed E-state index contributed by atoms with van der Waals surface area (Å²) in [5.41, 5.74) is -2.74. The molecule has 0 bridgehead atoms. The molecule has 1 saturated heterocycles. The summed E-state index contributed by atoms with van der Waals surface area (Å²) in [6.07, 6.45) is -5.28. The molecule has 13 nitrogen and oxygen atoms in total. The topological polar surface area (TPSA) is 169 Å². The highest BCUT2D eigenvalue weighted by molar-refractivity contribution is 5.88. The van der Waals surface area contributed by atoms with E-state index in [1.165, 1.54) is 6.92 Å². The van der Waals surface area contributed by atoms with Crippen LogP contribution in [0.25, 0.3) is 0 Å². The minimum Gasteiger partial charge on any atom is -0.463 e. The smallest absolute Gasteiger partial charge is 0.345 e. The Labute approximate surface area is 179 Å². The first-order chi connectivity index (χ1) is 16.2. The summed E-state index contributed by atoms with van der Waals surface area (Å²) < 4.78 is 47.6. The maximum absolute atomic E-state index is 12.5. The minimum atomic E-state index is -1.61. The van der Waals surface area contributed by atoms with Crippen LogP contribution in [0.5, 0.6) is 0 Å². The molecule has 4 atom stereocenters. The van der Waals surface area contributed by atoms with E-state index in [0.717, 1.165) is 6.20 Å². The molecule has 1 aliphatic rings. The van der Waals surface area contributed by atoms with Crippen molar-refractivity contribution in [2.45, 2.75) is 52.2 Å². The number of rotatable bonds is 7. The van der Waals surface area contributed by atoms with Crippen molar-refractivity contribution in [1.29, 1.82) is 0 Å². The fourth-order valence-corrected chi connectivity index (χ4v) is 2.84. The summed E-state index contributed by atoms with van der Waals surface area (Å²) in [7, 11) is 0. The molecule has 1 aliphatic heterocycles. The molecule has 170 valence electrons. The van der Waals surface area contributed by atoms with E-state index in [-0.39, 0.29) is 6.61 Å². The molecule has 0 saturated carbocycles. The number of nitrogens with one attached hydrogen (secondary N) is 1. The first-order valence-corrected chi connectivity index (χ1v) is 8.77. The standard InChI is InChI=1S/C18H22N2O11/c1-5-27-17(25)11-6-20(18(26)19-15(11)24)16-14(30-10(4)23)13(29-9(3)22)12(31-16)7-28-8(2)21/h6,12-14,16H,5,7H2,1-4H3,(H,19,24,26)/t12-,13+,14-,16?/m1/s1/i2D,3D,4D. The fraction of sp³-hybridized carbons (Fsp3) is 0.556. The third kappa shape index (κ3) is 5.78. The zero-order chi connectivity index (χ0) is 25.4. The summed E-state index contributed by atoms with van der Waals surface area (Å²) in [6, 6.07) is 0. The summed E-state index contributed by atoms with van der Waals surface area (Å²) in [5.74, 6) is -4.19. The lowest BCUT2D eigenvalue weighted by atomic mass is 10.1. The number of hydrogen-bond donors (Lipinski definition) is 1. The van der Waals surface area contributed by atoms with Crippen molar-refractivity contribution < 1.29 is 47.0 Å². The Morgan fingerprint density at radius 2 is 1.71 bits per heavy atom. The highest BCUT2D eigenvalue weighted by atomic mass is 16.7. The molecule has 0 amide bonds. The van der Waals surface area contributed by atoms with Gasteiger partial charge in [-0.1, -0.05) is 0 Å². The van der Waals surface area contributed by atoms with Crippen LogP contribution in [-0.2, 0) is 38.1 Å². The monoisotopic (exact) mass is 445 g/mol. The van der Waals surface area contributed by atoms with Crippen molar-refractivity contribution >= 4 is 23.9 Å². The summed E-state index contributed by atoms with van der Waals surface area (Å²) in [6.45, 7) is -1.59. The third-order valence-corrected chi connectivity index (χ3v) is 3.97. The van der Waals surface area contributed by atoms with Crippen LogP contribution in [0.15, 0.2) is 15.8 Å². The van der Waals surface area contributed by atoms with Gasteiger partial charge in [-0.15, -0.1) is 0 Å². The molecule has 1 fully saturated rings. The van der Waals surface area contributed by atoms with Gasteiger partial charge in [-0.2, -0.15) is 0 Å². The summed E-state index contributed by atoms with van der Waals surface area (Å²) in [5, 5.41) is 0. The van der Waals surface area contributed by atoms with Crippen molar-refractivity contribution in [3.63, 3.8) is 0 Å². The van der Waals surface area contributed by atoms with Crippen LogP contribution in [0.1, 0.15) is 48.3 Å². The maximum Gasteiger partial charge on any atom is 0.345 e. The predicted octanol–water partition coefficient (Wildman–Crippen LogP) is -0.963. The third-order valence-electron chi connectivity index (χ3n) is 3.97. The summed E-state index contributed by atoms with van der Waals surface area (Å²) >= 11 is 0. The Bertz CT molecular complexity index is 1040. The molecule has 1 aromatic heterocycles. The number of H-pyrrole nitrogens is 1. The normalized spacial score (nSPS) is 23.7. The van der Waals surface area contributed by atoms with Gasteiger partial charge in [0.1, 0.15) is 18.3 Å². The molecule has 1 unspecified atom stereocenters. The van der Waals surface area contributed by atoms with E-state index < -0.39 is 92.5 Å². The van der Waals surface area contributed by atoms with Gasteiger partial charge in [-0.25, -0.2) is 9.59 Å². The van der Waals surface area contributed by atoms with Gasteiger partial charge < -0.3 is 23.7 Å². The Balaban J connectivity index is 2.55. The molecule has 0 spiro atoms. The minimum absolute atomic E-state index is 0.0738. The van der Waals surface area contributed by atoms with E-state index in [1.54, 1.807) is 0 Å². The van der Waals surface area contributed by atoms with Gasteiger partial charge >= 0.3 is 29.6 Å². The van der Waals surface area contributed by atoms with Crippen molar-refractivity contribution in [1.82, 2.24) is 9.55 Å². The number of nitrogens with zero attached hydrogens (tertiary/aromatic N) is 1. The van der Waals surface area contributed by atoms with E-state index >= 15 is 0 Å². The lowest BCUT2D eigenvalue weighted by Gasteiger charge is -2.24. The van der Waals surface area contributed by atoms with Gasteiger partial charge in [-0.3, -0.25) is 28.7 Å². The average Bonchev–Trinajstić information content (AvgIpc) is 3.13. The lowest BCUT2D eigenvalue weighted by molar-refractivity contribution is -0.166. The molecule has 2 rings (SSSR count). The van der Waals surface area contributed by atoms with Gasteiger partial charge in [-0.05, 0) is 6.92 Å². The van der Waals surface area contributed by atoms with E-state index in [0.29, 0.717) is 4.57 Å². The van der Waals surface area contributed by atoms with Gasteiger partial charge in [0.05, 0.1) is 6.61 Å². The first kappa shape index (κ1) is 19.5. The molecular weight excluding hydrogens is 420 g/mol. The average molecular weight is 445 g/mol. The predicted molar refractivity (Wildman–Crippen MR) is 98.9 cm³/mol. The van der Waals surface area contributed by atoms with Crippen molar-refractivity contribution in [2.75, 3.05) is 13.2 Å². The molecule has 1 N–H and O–H groups in total. The Kier molecular flexibility index (Phi) is 6.30. The Morgan fingerprint density at radius 1 is 1.06 bits per heavy atom. The zero-order valence-corrected chi connectivity index (χ0v) is 16.4. The Morgan fingerprint density at radius 3 is 2.32 bits per heavy atom. The number of carbonyl (C=O) groups excluding carboxylic acids is 4. The fourth-order valence-electron chi connectivity index (χ4n) is 2.84. The van der Waals surface area contributed by atoms with Crippen LogP contribution in [0.2, 0.25) is 0 Å². The van der Waals surface area contributed by atoms with Crippen LogP contribution < -0.4 is 11.2 Å². The van der Waals surface area contributed by atoms with Gasteiger partial charge in [0.2, 0.25) is 0 Å². The van der Waals surface area contributed by atoms with Crippen LogP contribution >= 0.6 is 0 Å². The van der Waals surface area contributed by atoms with Gasteiger partial charge in [0.25, 0.3) is 5.56 Å². The van der Waals surface area contributed by atoms with E-state index in [4.69, 9.17) is 27.8 Å². The number of aromatic amines is 1. The highest BCUT2D eigenvalue weighted by Gasteiger charge is 2.51. The first-order valence-electron chi connectivity index (χ1n) is 10.9. The molecule has 1 aromatic rings. The second-order valence-corrected chi connectivity index (χ2v) is 6.09. The zero-order valence-electron chi connectivity index (χ0n) is 19.4. The molecule has 0 aliphatic carbocycles. The van der Waals surface area contributed by atoms with E-state index in [1.807, 2.05) is 4.98 Å². The van der Waals surface area contributed by atoms with Crippen LogP contribution in [-0.4, -0.2) is 65.0 Å². The second kappa shape index (κ2) is 10.0. The maximum atomic E-state index is 12.5. The van der Waals surface area contributed by atoms with E-state index in [2.05, 4.69) is 0 Å². The molecule has 31 heavy (non-hydrogen) atoms. The van der Waals surface area contributed by atoms with Crippen molar-refractivity contribution in [3.8, 4) is 0 Å². The number of aromatic nitrogens is 2. The van der Waals surface area contributed by atoms with E-state index in [9.17, 15) is 28.8 Å². The quantitative estimate of drug-likeness (QED) is 0.405. The van der Waals surface area contributed by atoms with Crippen LogP contribution in [0.4, 0.5) is 0 Å². The number of esters is 4. The van der Waals surface area contributed by atoms with Gasteiger partial charge in [0, 0.05) is 31.0 Å². The molecule has 13 heteroatoms. The van der Waals surface area contributed by atoms with Gasteiger partial charge in [0.15, 0.2) is 18.4 Å². The number of carbonyl (C=O) groups is 4. The largest absolute Gasteiger partial charge is 0.463 e. The molecule has 0 radical (unpaired) electrons. The van der Waals surface area contributed by atoms with Crippen molar-refractivity contribution in [3.05, 3.63) is 32.6 Å². The lowest BCUT2D eigenvalue weighted by Crippen LogP contribution is -2.43. The van der Waals surface area contributed by atoms with Crippen molar-refractivity contribution in [2.24, 2.45) is 0 Å². The molecule has 0 aromatic carbocycles. The van der Waals surface area contributed by atoms with Crippen LogP contribution in [0.3, 0.4) is 0 Å². The number of ether oxygens (including phenoxy) is 5. The second-order valence-electron chi connectivity index (χ2n) is 6.09.